The van der Waals surface area contributed by atoms with Crippen LogP contribution in [-0.4, -0.2) is 21.9 Å². The SMILES string of the molecule is Cc1ncnc(C)c1C(=O)NC1CCCC1. The number of hydrogen-bond donors (Lipinski definition) is 1. The van der Waals surface area contributed by atoms with Gasteiger partial charge in [0, 0.05) is 6.04 Å². The fourth-order valence-corrected chi connectivity index (χ4v) is 2.25. The molecule has 16 heavy (non-hydrogen) atoms. The summed E-state index contributed by atoms with van der Waals surface area (Å²) in [5.74, 6) is -0.0255. The zero-order valence-electron chi connectivity index (χ0n) is 9.79. The smallest absolute Gasteiger partial charge is 0.255 e. The summed E-state index contributed by atoms with van der Waals surface area (Å²) in [7, 11) is 0. The second-order valence-corrected chi connectivity index (χ2v) is 4.37. The first-order valence-electron chi connectivity index (χ1n) is 5.77. The molecule has 0 spiro atoms. The molecule has 0 radical (unpaired) electrons. The summed E-state index contributed by atoms with van der Waals surface area (Å²) in [6.07, 6.45) is 6.12. The van der Waals surface area contributed by atoms with Gasteiger partial charge in [0.25, 0.3) is 5.91 Å². The molecule has 1 saturated carbocycles. The minimum atomic E-state index is -0.0255. The van der Waals surface area contributed by atoms with Crippen LogP contribution in [0.25, 0.3) is 0 Å². The Morgan fingerprint density at radius 3 is 2.38 bits per heavy atom. The highest BCUT2D eigenvalue weighted by molar-refractivity contribution is 5.96. The van der Waals surface area contributed by atoms with Crippen molar-refractivity contribution in [1.82, 2.24) is 15.3 Å². The van der Waals surface area contributed by atoms with Crippen LogP contribution in [0.4, 0.5) is 0 Å². The first kappa shape index (κ1) is 11.0. The van der Waals surface area contributed by atoms with Crippen LogP contribution in [0.3, 0.4) is 0 Å². The summed E-state index contributed by atoms with van der Waals surface area (Å²) in [4.78, 5) is 20.2. The Labute approximate surface area is 95.5 Å². The molecule has 1 aliphatic carbocycles. The van der Waals surface area contributed by atoms with Crippen molar-refractivity contribution in [3.05, 3.63) is 23.3 Å². The largest absolute Gasteiger partial charge is 0.349 e. The van der Waals surface area contributed by atoms with E-state index in [0.29, 0.717) is 11.6 Å². The van der Waals surface area contributed by atoms with E-state index < -0.39 is 0 Å². The van der Waals surface area contributed by atoms with Gasteiger partial charge in [-0.15, -0.1) is 0 Å². The number of carbonyl (C=O) groups excluding carboxylic acids is 1. The fraction of sp³-hybridized carbons (Fsp3) is 0.583. The lowest BCUT2D eigenvalue weighted by atomic mass is 10.1. The van der Waals surface area contributed by atoms with Crippen LogP contribution in [0.15, 0.2) is 6.33 Å². The van der Waals surface area contributed by atoms with Crippen LogP contribution in [0, 0.1) is 13.8 Å². The van der Waals surface area contributed by atoms with Gasteiger partial charge in [0.15, 0.2) is 0 Å². The minimum Gasteiger partial charge on any atom is -0.349 e. The number of amides is 1. The maximum Gasteiger partial charge on any atom is 0.255 e. The van der Waals surface area contributed by atoms with Crippen molar-refractivity contribution in [2.45, 2.75) is 45.6 Å². The van der Waals surface area contributed by atoms with Crippen LogP contribution in [-0.2, 0) is 0 Å². The molecule has 1 amide bonds. The van der Waals surface area contributed by atoms with E-state index in [1.807, 2.05) is 13.8 Å². The molecule has 1 fully saturated rings. The lowest BCUT2D eigenvalue weighted by Crippen LogP contribution is -2.33. The van der Waals surface area contributed by atoms with Crippen molar-refractivity contribution >= 4 is 5.91 Å². The van der Waals surface area contributed by atoms with Crippen LogP contribution < -0.4 is 5.32 Å². The number of nitrogens with one attached hydrogen (secondary N) is 1. The number of hydrogen-bond acceptors (Lipinski definition) is 3. The number of nitrogens with zero attached hydrogens (tertiary/aromatic N) is 2. The average molecular weight is 219 g/mol. The van der Waals surface area contributed by atoms with Crippen molar-refractivity contribution in [1.29, 1.82) is 0 Å². The van der Waals surface area contributed by atoms with E-state index in [9.17, 15) is 4.79 Å². The molecule has 0 atom stereocenters. The Hall–Kier alpha value is -1.45. The van der Waals surface area contributed by atoms with Gasteiger partial charge in [-0.3, -0.25) is 4.79 Å². The summed E-state index contributed by atoms with van der Waals surface area (Å²) < 4.78 is 0. The second kappa shape index (κ2) is 4.60. The van der Waals surface area contributed by atoms with Gasteiger partial charge in [-0.05, 0) is 26.7 Å². The molecule has 86 valence electrons. The van der Waals surface area contributed by atoms with Gasteiger partial charge >= 0.3 is 0 Å². The van der Waals surface area contributed by atoms with E-state index in [1.54, 1.807) is 0 Å². The molecule has 1 heterocycles. The Bertz CT molecular complexity index is 377. The van der Waals surface area contributed by atoms with Crippen molar-refractivity contribution in [3.8, 4) is 0 Å². The molecule has 4 heteroatoms. The fourth-order valence-electron chi connectivity index (χ4n) is 2.25. The molecule has 0 aromatic carbocycles. The highest BCUT2D eigenvalue weighted by Crippen LogP contribution is 2.18. The molecule has 1 aliphatic rings. The summed E-state index contributed by atoms with van der Waals surface area (Å²) in [6, 6.07) is 0.339. The van der Waals surface area contributed by atoms with Crippen LogP contribution in [0.2, 0.25) is 0 Å². The van der Waals surface area contributed by atoms with Crippen molar-refractivity contribution in [3.63, 3.8) is 0 Å². The van der Waals surface area contributed by atoms with Crippen molar-refractivity contribution < 1.29 is 4.79 Å². The lowest BCUT2D eigenvalue weighted by Gasteiger charge is -2.13. The summed E-state index contributed by atoms with van der Waals surface area (Å²) in [5.41, 5.74) is 2.14. The molecular weight excluding hydrogens is 202 g/mol. The third-order valence-electron chi connectivity index (χ3n) is 3.14. The van der Waals surface area contributed by atoms with E-state index >= 15 is 0 Å². The third kappa shape index (κ3) is 2.21. The van der Waals surface area contributed by atoms with Gasteiger partial charge in [0.1, 0.15) is 6.33 Å². The Kier molecular flexibility index (Phi) is 3.17. The molecule has 2 rings (SSSR count). The zero-order valence-corrected chi connectivity index (χ0v) is 9.79. The first-order chi connectivity index (χ1) is 7.68. The van der Waals surface area contributed by atoms with Gasteiger partial charge in [0.2, 0.25) is 0 Å². The Morgan fingerprint density at radius 1 is 1.25 bits per heavy atom. The molecule has 0 aliphatic heterocycles. The lowest BCUT2D eigenvalue weighted by molar-refractivity contribution is 0.0935. The molecule has 0 saturated heterocycles. The summed E-state index contributed by atoms with van der Waals surface area (Å²) in [6.45, 7) is 3.69. The van der Waals surface area contributed by atoms with Crippen LogP contribution in [0.5, 0.6) is 0 Å². The monoisotopic (exact) mass is 219 g/mol. The quantitative estimate of drug-likeness (QED) is 0.824. The number of aryl methyl sites for hydroxylation is 2. The average Bonchev–Trinajstić information content (AvgIpc) is 2.70. The van der Waals surface area contributed by atoms with Gasteiger partial charge < -0.3 is 5.32 Å². The Balaban J connectivity index is 2.13. The van der Waals surface area contributed by atoms with Gasteiger partial charge in [-0.2, -0.15) is 0 Å². The van der Waals surface area contributed by atoms with E-state index in [0.717, 1.165) is 24.2 Å². The molecule has 4 nitrogen and oxygen atoms in total. The van der Waals surface area contributed by atoms with E-state index in [4.69, 9.17) is 0 Å². The highest BCUT2D eigenvalue weighted by Gasteiger charge is 2.20. The predicted octanol–water partition coefficient (Wildman–Crippen LogP) is 1.77. The van der Waals surface area contributed by atoms with Crippen LogP contribution in [0.1, 0.15) is 47.4 Å². The molecule has 1 N–H and O–H groups in total. The maximum absolute atomic E-state index is 12.1. The first-order valence-corrected chi connectivity index (χ1v) is 5.77. The molecule has 0 bridgehead atoms. The molecule has 1 aromatic heterocycles. The second-order valence-electron chi connectivity index (χ2n) is 4.37. The number of aromatic nitrogens is 2. The Morgan fingerprint density at radius 2 is 1.81 bits per heavy atom. The topological polar surface area (TPSA) is 54.9 Å². The van der Waals surface area contributed by atoms with Gasteiger partial charge in [0.05, 0.1) is 17.0 Å². The van der Waals surface area contributed by atoms with Gasteiger partial charge in [-0.1, -0.05) is 12.8 Å². The van der Waals surface area contributed by atoms with Gasteiger partial charge in [-0.25, -0.2) is 9.97 Å². The standard InChI is InChI=1S/C12H17N3O/c1-8-11(9(2)14-7-13-8)12(16)15-10-5-3-4-6-10/h7,10H,3-6H2,1-2H3,(H,15,16). The molecular formula is C12H17N3O. The minimum absolute atomic E-state index is 0.0255. The van der Waals surface area contributed by atoms with E-state index in [2.05, 4.69) is 15.3 Å². The van der Waals surface area contributed by atoms with E-state index in [1.165, 1.54) is 19.2 Å². The number of rotatable bonds is 2. The predicted molar refractivity (Wildman–Crippen MR) is 61.2 cm³/mol. The molecule has 0 unspecified atom stereocenters. The zero-order chi connectivity index (χ0) is 11.5. The third-order valence-corrected chi connectivity index (χ3v) is 3.14. The molecule has 1 aromatic rings. The highest BCUT2D eigenvalue weighted by atomic mass is 16.1. The normalized spacial score (nSPS) is 16.4. The summed E-state index contributed by atoms with van der Waals surface area (Å²) in [5, 5.41) is 3.06. The number of carbonyl (C=O) groups is 1. The van der Waals surface area contributed by atoms with E-state index in [-0.39, 0.29) is 5.91 Å². The summed E-state index contributed by atoms with van der Waals surface area (Å²) >= 11 is 0. The van der Waals surface area contributed by atoms with Crippen LogP contribution >= 0.6 is 0 Å². The van der Waals surface area contributed by atoms with Crippen molar-refractivity contribution in [2.75, 3.05) is 0 Å². The maximum atomic E-state index is 12.1. The van der Waals surface area contributed by atoms with Crippen molar-refractivity contribution in [2.24, 2.45) is 0 Å².